The maximum Gasteiger partial charge on any atom is 0.243 e. The Morgan fingerprint density at radius 2 is 1.85 bits per heavy atom. The molecule has 0 bridgehead atoms. The molecule has 2 aromatic rings. The van der Waals surface area contributed by atoms with Crippen LogP contribution in [0.1, 0.15) is 36.3 Å². The molecule has 136 valence electrons. The van der Waals surface area contributed by atoms with Crippen LogP contribution in [0.5, 0.6) is 0 Å². The minimum absolute atomic E-state index is 0.0187. The molecule has 1 fully saturated rings. The summed E-state index contributed by atoms with van der Waals surface area (Å²) in [7, 11) is -3.53. The van der Waals surface area contributed by atoms with Gasteiger partial charge < -0.3 is 5.32 Å². The third kappa shape index (κ3) is 3.27. The lowest BCUT2D eigenvalue weighted by atomic mass is 9.92. The third-order valence-electron chi connectivity index (χ3n) is 5.27. The quantitative estimate of drug-likeness (QED) is 0.903. The van der Waals surface area contributed by atoms with Gasteiger partial charge in [0, 0.05) is 25.2 Å². The van der Waals surface area contributed by atoms with E-state index in [1.54, 1.807) is 22.5 Å². The second-order valence-corrected chi connectivity index (χ2v) is 8.92. The Bertz CT molecular complexity index is 925. The van der Waals surface area contributed by atoms with Gasteiger partial charge in [-0.25, -0.2) is 8.42 Å². The Balaban J connectivity index is 1.59. The number of nitrogens with one attached hydrogen (secondary N) is 1. The summed E-state index contributed by atoms with van der Waals surface area (Å²) >= 11 is 0. The lowest BCUT2D eigenvalue weighted by Crippen LogP contribution is -2.39. The summed E-state index contributed by atoms with van der Waals surface area (Å²) in [5.41, 5.74) is 2.81. The fraction of sp³-hybridized carbons (Fsp3) is 0.350. The van der Waals surface area contributed by atoms with Crippen LogP contribution in [-0.4, -0.2) is 31.7 Å². The van der Waals surface area contributed by atoms with Crippen molar-refractivity contribution in [2.75, 3.05) is 18.4 Å². The zero-order chi connectivity index (χ0) is 18.1. The van der Waals surface area contributed by atoms with Crippen molar-refractivity contribution < 1.29 is 13.2 Å². The molecule has 2 aliphatic heterocycles. The number of fused-ring (bicyclic) bond motifs is 1. The molecule has 0 radical (unpaired) electrons. The molecular weight excluding hydrogens is 348 g/mol. The van der Waals surface area contributed by atoms with Crippen molar-refractivity contribution in [1.29, 1.82) is 0 Å². The molecule has 2 aromatic carbocycles. The van der Waals surface area contributed by atoms with E-state index in [1.165, 1.54) is 5.56 Å². The minimum atomic E-state index is -3.53. The molecule has 1 atom stereocenters. The smallest absolute Gasteiger partial charge is 0.243 e. The Labute approximate surface area is 154 Å². The Hall–Kier alpha value is -2.18. The van der Waals surface area contributed by atoms with Crippen molar-refractivity contribution in [3.63, 3.8) is 0 Å². The average molecular weight is 370 g/mol. The number of sulfonamides is 1. The molecule has 6 heteroatoms. The first-order valence-electron chi connectivity index (χ1n) is 9.02. The second kappa shape index (κ2) is 6.85. The predicted molar refractivity (Wildman–Crippen MR) is 101 cm³/mol. The first kappa shape index (κ1) is 17.2. The monoisotopic (exact) mass is 370 g/mol. The summed E-state index contributed by atoms with van der Waals surface area (Å²) in [4.78, 5) is 11.8. The lowest BCUT2D eigenvalue weighted by molar-refractivity contribution is -0.116. The summed E-state index contributed by atoms with van der Waals surface area (Å²) < 4.78 is 27.9. The standard InChI is InChI=1S/C20H22N2O3S/c23-20-11-8-16-13-18(9-10-19(16)21-20)26(24,25)22-12-4-7-17(14-22)15-5-2-1-3-6-15/h1-3,5-6,9-10,13,17H,4,7-8,11-12,14H2,(H,21,23). The number of anilines is 1. The van der Waals surface area contributed by atoms with E-state index in [9.17, 15) is 13.2 Å². The Kier molecular flexibility index (Phi) is 4.54. The molecule has 4 rings (SSSR count). The van der Waals surface area contributed by atoms with Gasteiger partial charge in [0.15, 0.2) is 0 Å². The van der Waals surface area contributed by atoms with Crippen LogP contribution >= 0.6 is 0 Å². The molecule has 1 N–H and O–H groups in total. The average Bonchev–Trinajstić information content (AvgIpc) is 2.68. The molecule has 0 aliphatic carbocycles. The van der Waals surface area contributed by atoms with Crippen molar-refractivity contribution in [3.05, 3.63) is 59.7 Å². The second-order valence-electron chi connectivity index (χ2n) is 6.98. The fourth-order valence-electron chi connectivity index (χ4n) is 3.83. The van der Waals surface area contributed by atoms with Crippen molar-refractivity contribution >= 4 is 21.6 Å². The first-order valence-corrected chi connectivity index (χ1v) is 10.5. The Morgan fingerprint density at radius 3 is 2.65 bits per heavy atom. The number of aryl methyl sites for hydroxylation is 1. The maximum atomic E-state index is 13.2. The molecule has 2 aliphatic rings. The van der Waals surface area contributed by atoms with Gasteiger partial charge in [0.1, 0.15) is 0 Å². The van der Waals surface area contributed by atoms with Crippen LogP contribution in [0.15, 0.2) is 53.4 Å². The van der Waals surface area contributed by atoms with Crippen LogP contribution in [0.25, 0.3) is 0 Å². The number of carbonyl (C=O) groups is 1. The van der Waals surface area contributed by atoms with Crippen LogP contribution in [0.3, 0.4) is 0 Å². The van der Waals surface area contributed by atoms with Crippen molar-refractivity contribution in [1.82, 2.24) is 4.31 Å². The van der Waals surface area contributed by atoms with E-state index in [1.807, 2.05) is 18.2 Å². The van der Waals surface area contributed by atoms with Crippen LogP contribution in [-0.2, 0) is 21.2 Å². The maximum absolute atomic E-state index is 13.2. The molecular formula is C20H22N2O3S. The highest BCUT2D eigenvalue weighted by atomic mass is 32.2. The molecule has 26 heavy (non-hydrogen) atoms. The van der Waals surface area contributed by atoms with E-state index in [0.717, 1.165) is 24.1 Å². The van der Waals surface area contributed by atoms with E-state index in [4.69, 9.17) is 0 Å². The highest BCUT2D eigenvalue weighted by Crippen LogP contribution is 2.32. The van der Waals surface area contributed by atoms with Gasteiger partial charge in [0.05, 0.1) is 4.90 Å². The normalized spacial score (nSPS) is 21.1. The Morgan fingerprint density at radius 1 is 1.04 bits per heavy atom. The first-order chi connectivity index (χ1) is 12.5. The number of hydrogen-bond acceptors (Lipinski definition) is 3. The minimum Gasteiger partial charge on any atom is -0.326 e. The summed E-state index contributed by atoms with van der Waals surface area (Å²) in [5.74, 6) is 0.214. The molecule has 0 spiro atoms. The molecule has 1 amide bonds. The van der Waals surface area contributed by atoms with Crippen LogP contribution < -0.4 is 5.32 Å². The van der Waals surface area contributed by atoms with E-state index in [2.05, 4.69) is 17.4 Å². The van der Waals surface area contributed by atoms with Gasteiger partial charge in [-0.3, -0.25) is 4.79 Å². The molecule has 5 nitrogen and oxygen atoms in total. The van der Waals surface area contributed by atoms with Crippen LogP contribution in [0, 0.1) is 0 Å². The molecule has 1 unspecified atom stereocenters. The number of carbonyl (C=O) groups excluding carboxylic acids is 1. The number of rotatable bonds is 3. The van der Waals surface area contributed by atoms with E-state index < -0.39 is 10.0 Å². The zero-order valence-electron chi connectivity index (χ0n) is 14.5. The number of piperidine rings is 1. The third-order valence-corrected chi connectivity index (χ3v) is 7.13. The van der Waals surface area contributed by atoms with Gasteiger partial charge in [-0.15, -0.1) is 0 Å². The number of nitrogens with zero attached hydrogens (tertiary/aromatic N) is 1. The summed E-state index contributed by atoms with van der Waals surface area (Å²) in [6, 6.07) is 15.2. The van der Waals surface area contributed by atoms with Gasteiger partial charge in [-0.05, 0) is 54.5 Å². The summed E-state index contributed by atoms with van der Waals surface area (Å²) in [6.07, 6.45) is 2.85. The van der Waals surface area contributed by atoms with Crippen molar-refractivity contribution in [2.45, 2.75) is 36.5 Å². The van der Waals surface area contributed by atoms with Gasteiger partial charge in [0.2, 0.25) is 15.9 Å². The SMILES string of the molecule is O=C1CCc2cc(S(=O)(=O)N3CCCC(c4ccccc4)C3)ccc2N1. The van der Waals surface area contributed by atoms with E-state index in [0.29, 0.717) is 30.8 Å². The van der Waals surface area contributed by atoms with Crippen LogP contribution in [0.4, 0.5) is 5.69 Å². The number of benzene rings is 2. The summed E-state index contributed by atoms with van der Waals surface area (Å²) in [6.45, 7) is 1.07. The van der Waals surface area contributed by atoms with Gasteiger partial charge in [-0.1, -0.05) is 30.3 Å². The number of amides is 1. The largest absolute Gasteiger partial charge is 0.326 e. The van der Waals surface area contributed by atoms with E-state index >= 15 is 0 Å². The number of hydrogen-bond donors (Lipinski definition) is 1. The molecule has 2 heterocycles. The fourth-order valence-corrected chi connectivity index (χ4v) is 5.40. The summed E-state index contributed by atoms with van der Waals surface area (Å²) in [5, 5.41) is 2.80. The van der Waals surface area contributed by atoms with Crippen LogP contribution in [0.2, 0.25) is 0 Å². The van der Waals surface area contributed by atoms with Gasteiger partial charge in [-0.2, -0.15) is 4.31 Å². The van der Waals surface area contributed by atoms with Gasteiger partial charge in [0.25, 0.3) is 0 Å². The topological polar surface area (TPSA) is 66.5 Å². The molecule has 1 saturated heterocycles. The van der Waals surface area contributed by atoms with Crippen molar-refractivity contribution in [2.24, 2.45) is 0 Å². The predicted octanol–water partition coefficient (Wildman–Crippen LogP) is 3.14. The highest BCUT2D eigenvalue weighted by Gasteiger charge is 2.31. The molecule has 0 aromatic heterocycles. The van der Waals surface area contributed by atoms with E-state index in [-0.39, 0.29) is 11.8 Å². The van der Waals surface area contributed by atoms with Crippen molar-refractivity contribution in [3.8, 4) is 0 Å². The zero-order valence-corrected chi connectivity index (χ0v) is 15.3. The van der Waals surface area contributed by atoms with Gasteiger partial charge >= 0.3 is 0 Å². The lowest BCUT2D eigenvalue weighted by Gasteiger charge is -2.32. The molecule has 0 saturated carbocycles. The highest BCUT2D eigenvalue weighted by molar-refractivity contribution is 7.89.